The molecule has 24 heavy (non-hydrogen) atoms. The third-order valence-electron chi connectivity index (χ3n) is 4.13. The molecule has 0 unspecified atom stereocenters. The first kappa shape index (κ1) is 15.2. The monoisotopic (exact) mass is 347 g/mol. The van der Waals surface area contributed by atoms with Gasteiger partial charge in [-0.25, -0.2) is 18.4 Å². The lowest BCUT2D eigenvalue weighted by molar-refractivity contribution is 0.256. The molecule has 2 heterocycles. The molecule has 3 aromatic rings. The molecule has 0 radical (unpaired) electrons. The molecule has 2 atom stereocenters. The van der Waals surface area contributed by atoms with Gasteiger partial charge in [0.2, 0.25) is 0 Å². The fourth-order valence-corrected chi connectivity index (χ4v) is 3.21. The van der Waals surface area contributed by atoms with Crippen LogP contribution in [0.1, 0.15) is 17.2 Å². The van der Waals surface area contributed by atoms with Crippen molar-refractivity contribution in [2.75, 3.05) is 0 Å². The number of benzene rings is 2. The van der Waals surface area contributed by atoms with Crippen molar-refractivity contribution in [3.05, 3.63) is 82.9 Å². The molecular formula is C17H12ClF2N3O. The van der Waals surface area contributed by atoms with Crippen LogP contribution in [-0.2, 0) is 16.9 Å². The lowest BCUT2D eigenvalue weighted by Crippen LogP contribution is -2.21. The summed E-state index contributed by atoms with van der Waals surface area (Å²) in [5.74, 6) is -1.30. The molecule has 0 spiro atoms. The normalized spacial score (nSPS) is 22.5. The van der Waals surface area contributed by atoms with Crippen LogP contribution in [0.15, 0.2) is 55.1 Å². The first-order valence-electron chi connectivity index (χ1n) is 7.30. The van der Waals surface area contributed by atoms with Gasteiger partial charge in [0, 0.05) is 22.2 Å². The predicted octanol–water partition coefficient (Wildman–Crippen LogP) is 3.88. The van der Waals surface area contributed by atoms with E-state index in [1.165, 1.54) is 24.8 Å². The van der Waals surface area contributed by atoms with Crippen LogP contribution < -0.4 is 0 Å². The highest BCUT2D eigenvalue weighted by molar-refractivity contribution is 6.31. The minimum atomic E-state index is -1.00. The second kappa shape index (κ2) is 5.65. The van der Waals surface area contributed by atoms with Gasteiger partial charge < -0.3 is 4.74 Å². The number of rotatable bonds is 4. The first-order chi connectivity index (χ1) is 11.6. The van der Waals surface area contributed by atoms with E-state index in [9.17, 15) is 8.78 Å². The van der Waals surface area contributed by atoms with Gasteiger partial charge in [-0.2, -0.15) is 5.10 Å². The number of ether oxygens (including phenoxy) is 1. The van der Waals surface area contributed by atoms with Gasteiger partial charge >= 0.3 is 0 Å². The van der Waals surface area contributed by atoms with E-state index in [1.807, 2.05) is 18.2 Å². The van der Waals surface area contributed by atoms with Gasteiger partial charge in [0.25, 0.3) is 0 Å². The topological polar surface area (TPSA) is 43.2 Å². The van der Waals surface area contributed by atoms with Crippen molar-refractivity contribution >= 4 is 11.6 Å². The summed E-state index contributed by atoms with van der Waals surface area (Å²) in [6.07, 6.45) is 2.46. The second-order valence-corrected chi connectivity index (χ2v) is 6.03. The molecule has 122 valence electrons. The predicted molar refractivity (Wildman–Crippen MR) is 83.3 cm³/mol. The minimum absolute atomic E-state index is 0.242. The van der Waals surface area contributed by atoms with Crippen LogP contribution in [0.4, 0.5) is 8.78 Å². The number of halogens is 3. The van der Waals surface area contributed by atoms with E-state index in [4.69, 9.17) is 16.3 Å². The molecule has 1 aliphatic rings. The summed E-state index contributed by atoms with van der Waals surface area (Å²) in [6, 6.07) is 10.7. The van der Waals surface area contributed by atoms with Crippen LogP contribution in [0.2, 0.25) is 5.02 Å². The molecule has 1 aromatic heterocycles. The third kappa shape index (κ3) is 2.48. The SMILES string of the molecule is Fc1ccc([C@@]2(Cn3cncn3)O[C@H]2c2ccccc2Cl)c(F)c1. The molecule has 0 bridgehead atoms. The zero-order valence-corrected chi connectivity index (χ0v) is 13.1. The molecule has 1 aliphatic heterocycles. The van der Waals surface area contributed by atoms with Gasteiger partial charge in [-0.05, 0) is 12.1 Å². The summed E-state index contributed by atoms with van der Waals surface area (Å²) in [4.78, 5) is 3.90. The zero-order valence-electron chi connectivity index (χ0n) is 12.4. The van der Waals surface area contributed by atoms with E-state index in [-0.39, 0.29) is 12.1 Å². The Balaban J connectivity index is 1.79. The van der Waals surface area contributed by atoms with E-state index < -0.39 is 23.3 Å². The Morgan fingerprint density at radius 1 is 1.21 bits per heavy atom. The molecule has 7 heteroatoms. The van der Waals surface area contributed by atoms with Gasteiger partial charge in [0.1, 0.15) is 36.0 Å². The fourth-order valence-electron chi connectivity index (χ4n) is 2.98. The van der Waals surface area contributed by atoms with Crippen molar-refractivity contribution in [1.29, 1.82) is 0 Å². The maximum absolute atomic E-state index is 14.4. The van der Waals surface area contributed by atoms with Gasteiger partial charge in [-0.3, -0.25) is 0 Å². The Bertz CT molecular complexity index is 887. The Hall–Kier alpha value is -2.31. The molecule has 0 N–H and O–H groups in total. The summed E-state index contributed by atoms with van der Waals surface area (Å²) in [7, 11) is 0. The lowest BCUT2D eigenvalue weighted by Gasteiger charge is -2.15. The maximum atomic E-state index is 14.4. The molecule has 4 rings (SSSR count). The molecule has 1 fully saturated rings. The first-order valence-corrected chi connectivity index (χ1v) is 7.68. The van der Waals surface area contributed by atoms with Crippen LogP contribution in [0.3, 0.4) is 0 Å². The van der Waals surface area contributed by atoms with Crippen LogP contribution >= 0.6 is 11.6 Å². The highest BCUT2D eigenvalue weighted by atomic mass is 35.5. The summed E-state index contributed by atoms with van der Waals surface area (Å²) < 4.78 is 35.2. The average Bonchev–Trinajstić information content (AvgIpc) is 3.01. The molecular weight excluding hydrogens is 336 g/mol. The third-order valence-corrected chi connectivity index (χ3v) is 4.48. The van der Waals surface area contributed by atoms with Crippen LogP contribution in [-0.4, -0.2) is 14.8 Å². The van der Waals surface area contributed by atoms with Gasteiger partial charge in [-0.15, -0.1) is 0 Å². The Labute approximate surface area is 141 Å². The summed E-state index contributed by atoms with van der Waals surface area (Å²) in [5, 5.41) is 4.59. The summed E-state index contributed by atoms with van der Waals surface area (Å²) in [6.45, 7) is 0.242. The Morgan fingerprint density at radius 3 is 2.75 bits per heavy atom. The zero-order chi connectivity index (χ0) is 16.7. The van der Waals surface area contributed by atoms with Crippen molar-refractivity contribution in [2.45, 2.75) is 18.2 Å². The maximum Gasteiger partial charge on any atom is 0.147 e. The van der Waals surface area contributed by atoms with Crippen molar-refractivity contribution in [3.63, 3.8) is 0 Å². The second-order valence-electron chi connectivity index (χ2n) is 5.63. The number of epoxide rings is 1. The Morgan fingerprint density at radius 2 is 2.04 bits per heavy atom. The fraction of sp³-hybridized carbons (Fsp3) is 0.176. The average molecular weight is 348 g/mol. The minimum Gasteiger partial charge on any atom is -0.354 e. The highest BCUT2D eigenvalue weighted by Gasteiger charge is 2.60. The van der Waals surface area contributed by atoms with Crippen LogP contribution in [0.5, 0.6) is 0 Å². The van der Waals surface area contributed by atoms with Crippen molar-refractivity contribution < 1.29 is 13.5 Å². The van der Waals surface area contributed by atoms with Crippen molar-refractivity contribution in [1.82, 2.24) is 14.8 Å². The van der Waals surface area contributed by atoms with Gasteiger partial charge in [0.05, 0.1) is 6.54 Å². The summed E-state index contributed by atoms with van der Waals surface area (Å²) in [5.41, 5.74) is 0.0172. The van der Waals surface area contributed by atoms with E-state index in [0.717, 1.165) is 11.6 Å². The van der Waals surface area contributed by atoms with E-state index >= 15 is 0 Å². The number of hydrogen-bond acceptors (Lipinski definition) is 3. The quantitative estimate of drug-likeness (QED) is 0.673. The molecule has 0 saturated carbocycles. The van der Waals surface area contributed by atoms with Crippen molar-refractivity contribution in [2.24, 2.45) is 0 Å². The molecule has 4 nitrogen and oxygen atoms in total. The largest absolute Gasteiger partial charge is 0.354 e. The number of hydrogen-bond donors (Lipinski definition) is 0. The van der Waals surface area contributed by atoms with Gasteiger partial charge in [0.15, 0.2) is 0 Å². The summed E-state index contributed by atoms with van der Waals surface area (Å²) >= 11 is 6.25. The molecule has 0 aliphatic carbocycles. The number of nitrogens with zero attached hydrogens (tertiary/aromatic N) is 3. The highest BCUT2D eigenvalue weighted by Crippen LogP contribution is 2.59. The van der Waals surface area contributed by atoms with Crippen LogP contribution in [0.25, 0.3) is 0 Å². The van der Waals surface area contributed by atoms with Crippen molar-refractivity contribution in [3.8, 4) is 0 Å². The van der Waals surface area contributed by atoms with Gasteiger partial charge in [-0.1, -0.05) is 35.9 Å². The van der Waals surface area contributed by atoms with Crippen LogP contribution in [0, 0.1) is 11.6 Å². The Kier molecular flexibility index (Phi) is 3.58. The van der Waals surface area contributed by atoms with E-state index in [0.29, 0.717) is 5.02 Å². The molecule has 1 saturated heterocycles. The standard InChI is InChI=1S/C17H12ClF2N3O/c18-14-4-2-1-3-12(14)16-17(24-16,8-23-10-21-9-22-23)13-6-5-11(19)7-15(13)20/h1-7,9-10,16H,8H2/t16-,17+/m0/s1. The molecule has 2 aromatic carbocycles. The smallest absolute Gasteiger partial charge is 0.147 e. The molecule has 0 amide bonds. The van der Waals surface area contributed by atoms with E-state index in [1.54, 1.807) is 10.7 Å². The van der Waals surface area contributed by atoms with E-state index in [2.05, 4.69) is 10.1 Å². The lowest BCUT2D eigenvalue weighted by atomic mass is 9.91. The number of aromatic nitrogens is 3.